The molecule has 0 aliphatic heterocycles. The van der Waals surface area contributed by atoms with Gasteiger partial charge in [-0.05, 0) is 58.7 Å². The van der Waals surface area contributed by atoms with Crippen molar-refractivity contribution in [1.29, 1.82) is 0 Å². The molecule has 0 unspecified atom stereocenters. The van der Waals surface area contributed by atoms with Gasteiger partial charge >= 0.3 is 11.8 Å². The van der Waals surface area contributed by atoms with E-state index in [0.717, 1.165) is 4.47 Å². The molecule has 3 rings (SSSR count). The molecule has 154 valence electrons. The molecule has 0 atom stereocenters. The summed E-state index contributed by atoms with van der Waals surface area (Å²) in [5.41, 5.74) is 7.84. The van der Waals surface area contributed by atoms with Gasteiger partial charge in [-0.25, -0.2) is 4.98 Å². The van der Waals surface area contributed by atoms with Crippen LogP contribution in [-0.2, 0) is 16.1 Å². The average molecular weight is 470 g/mol. The van der Waals surface area contributed by atoms with Crippen molar-refractivity contribution < 1.29 is 14.3 Å². The predicted octanol–water partition coefficient (Wildman–Crippen LogP) is 3.31. The maximum Gasteiger partial charge on any atom is 0.317 e. The van der Waals surface area contributed by atoms with Gasteiger partial charge in [-0.3, -0.25) is 19.5 Å². The highest BCUT2D eigenvalue weighted by Gasteiger charge is 2.26. The van der Waals surface area contributed by atoms with E-state index in [9.17, 15) is 9.59 Å². The highest BCUT2D eigenvalue weighted by atomic mass is 79.9. The summed E-state index contributed by atoms with van der Waals surface area (Å²) in [5, 5.41) is 2.58. The molecule has 2 amide bonds. The van der Waals surface area contributed by atoms with Gasteiger partial charge in [-0.2, -0.15) is 0 Å². The zero-order valence-corrected chi connectivity index (χ0v) is 18.0. The SMILES string of the molecule is COc1ccccc1N(Cc1ccc(Br)cn1)C(=O)C(=O)Nc1cnc(N)c(C)c1. The first-order valence-electron chi connectivity index (χ1n) is 8.97. The summed E-state index contributed by atoms with van der Waals surface area (Å²) in [6, 6.07) is 12.2. The molecule has 0 fully saturated rings. The molecule has 3 N–H and O–H groups in total. The van der Waals surface area contributed by atoms with Crippen LogP contribution in [0.2, 0.25) is 0 Å². The first-order valence-corrected chi connectivity index (χ1v) is 9.76. The molecule has 0 bridgehead atoms. The highest BCUT2D eigenvalue weighted by molar-refractivity contribution is 9.10. The minimum Gasteiger partial charge on any atom is -0.495 e. The van der Waals surface area contributed by atoms with E-state index in [1.165, 1.54) is 18.2 Å². The number of benzene rings is 1. The number of aryl methyl sites for hydroxylation is 1. The second-order valence-corrected chi connectivity index (χ2v) is 7.33. The second kappa shape index (κ2) is 9.36. The summed E-state index contributed by atoms with van der Waals surface area (Å²) in [6.45, 7) is 1.85. The number of pyridine rings is 2. The minimum atomic E-state index is -0.816. The number of hydrogen-bond donors (Lipinski definition) is 2. The van der Waals surface area contributed by atoms with E-state index >= 15 is 0 Å². The van der Waals surface area contributed by atoms with Crippen LogP contribution in [-0.4, -0.2) is 28.9 Å². The molecule has 8 nitrogen and oxygen atoms in total. The molecular formula is C21H20BrN5O3. The number of para-hydroxylation sites is 2. The molecule has 1 aromatic carbocycles. The van der Waals surface area contributed by atoms with Crippen LogP contribution in [0.1, 0.15) is 11.3 Å². The lowest BCUT2D eigenvalue weighted by molar-refractivity contribution is -0.134. The lowest BCUT2D eigenvalue weighted by Crippen LogP contribution is -2.40. The van der Waals surface area contributed by atoms with Crippen LogP contribution in [0.15, 0.2) is 59.3 Å². The number of nitrogens with one attached hydrogen (secondary N) is 1. The Morgan fingerprint density at radius 3 is 2.60 bits per heavy atom. The van der Waals surface area contributed by atoms with E-state index in [1.807, 2.05) is 6.07 Å². The van der Waals surface area contributed by atoms with Crippen LogP contribution in [0.4, 0.5) is 17.2 Å². The van der Waals surface area contributed by atoms with Gasteiger partial charge < -0.3 is 15.8 Å². The molecule has 30 heavy (non-hydrogen) atoms. The monoisotopic (exact) mass is 469 g/mol. The molecule has 3 aromatic rings. The molecular weight excluding hydrogens is 450 g/mol. The Bertz CT molecular complexity index is 1070. The molecule has 2 aromatic heterocycles. The second-order valence-electron chi connectivity index (χ2n) is 6.41. The number of amides is 2. The van der Waals surface area contributed by atoms with E-state index in [0.29, 0.717) is 34.2 Å². The molecule has 0 saturated carbocycles. The predicted molar refractivity (Wildman–Crippen MR) is 118 cm³/mol. The number of nitrogens with two attached hydrogens (primary N) is 1. The fourth-order valence-corrected chi connectivity index (χ4v) is 2.98. The summed E-state index contributed by atoms with van der Waals surface area (Å²) < 4.78 is 6.19. The highest BCUT2D eigenvalue weighted by Crippen LogP contribution is 2.29. The standard InChI is InChI=1S/C21H20BrN5O3/c1-13-9-16(11-25-19(13)23)26-20(28)21(29)27(12-15-8-7-14(22)10-24-15)17-5-3-4-6-18(17)30-2/h3-11H,12H2,1-2H3,(H2,23,25)(H,26,28). The molecule has 0 radical (unpaired) electrons. The number of methoxy groups -OCH3 is 1. The van der Waals surface area contributed by atoms with Crippen molar-refractivity contribution in [3.8, 4) is 5.75 Å². The zero-order chi connectivity index (χ0) is 21.7. The number of anilines is 3. The number of rotatable bonds is 5. The minimum absolute atomic E-state index is 0.0823. The van der Waals surface area contributed by atoms with E-state index in [-0.39, 0.29) is 6.54 Å². The first-order chi connectivity index (χ1) is 14.4. The van der Waals surface area contributed by atoms with Crippen LogP contribution in [0.3, 0.4) is 0 Å². The number of ether oxygens (including phenoxy) is 1. The van der Waals surface area contributed by atoms with Crippen molar-refractivity contribution in [3.05, 3.63) is 70.6 Å². The van der Waals surface area contributed by atoms with Crippen molar-refractivity contribution in [2.75, 3.05) is 23.1 Å². The van der Waals surface area contributed by atoms with Crippen LogP contribution in [0, 0.1) is 6.92 Å². The van der Waals surface area contributed by atoms with Gasteiger partial charge in [0.2, 0.25) is 0 Å². The summed E-state index contributed by atoms with van der Waals surface area (Å²) in [6.07, 6.45) is 3.03. The van der Waals surface area contributed by atoms with Crippen molar-refractivity contribution in [2.24, 2.45) is 0 Å². The molecule has 0 aliphatic rings. The van der Waals surface area contributed by atoms with Crippen LogP contribution < -0.4 is 20.7 Å². The number of aromatic nitrogens is 2. The van der Waals surface area contributed by atoms with E-state index < -0.39 is 11.8 Å². The van der Waals surface area contributed by atoms with Crippen molar-refractivity contribution in [2.45, 2.75) is 13.5 Å². The Kier molecular flexibility index (Phi) is 6.63. The fourth-order valence-electron chi connectivity index (χ4n) is 2.74. The molecule has 0 saturated heterocycles. The van der Waals surface area contributed by atoms with Crippen molar-refractivity contribution in [3.63, 3.8) is 0 Å². The third-order valence-corrected chi connectivity index (χ3v) is 4.77. The van der Waals surface area contributed by atoms with Gasteiger partial charge in [-0.1, -0.05) is 12.1 Å². The average Bonchev–Trinajstić information content (AvgIpc) is 2.75. The van der Waals surface area contributed by atoms with Gasteiger partial charge in [0.1, 0.15) is 11.6 Å². The lowest BCUT2D eigenvalue weighted by atomic mass is 10.2. The number of nitrogen functional groups attached to an aromatic ring is 1. The van der Waals surface area contributed by atoms with Crippen LogP contribution in [0.25, 0.3) is 0 Å². The van der Waals surface area contributed by atoms with E-state index in [1.54, 1.807) is 49.5 Å². The van der Waals surface area contributed by atoms with Gasteiger partial charge in [0.05, 0.1) is 36.9 Å². The quantitative estimate of drug-likeness (QED) is 0.554. The zero-order valence-electron chi connectivity index (χ0n) is 16.4. The van der Waals surface area contributed by atoms with Crippen molar-refractivity contribution in [1.82, 2.24) is 9.97 Å². The number of nitrogens with zero attached hydrogens (tertiary/aromatic N) is 3. The Labute approximate surface area is 182 Å². The summed E-state index contributed by atoms with van der Waals surface area (Å²) >= 11 is 3.34. The van der Waals surface area contributed by atoms with Gasteiger partial charge in [0, 0.05) is 10.7 Å². The molecule has 0 aliphatic carbocycles. The fraction of sp³-hybridized carbons (Fsp3) is 0.143. The number of carbonyl (C=O) groups is 2. The molecule has 0 spiro atoms. The van der Waals surface area contributed by atoms with E-state index in [2.05, 4.69) is 31.2 Å². The Hall–Kier alpha value is -3.46. The van der Waals surface area contributed by atoms with Crippen molar-refractivity contribution >= 4 is 44.9 Å². The summed E-state index contributed by atoms with van der Waals surface area (Å²) in [4.78, 5) is 35.5. The number of carbonyl (C=O) groups excluding carboxylic acids is 2. The summed E-state index contributed by atoms with van der Waals surface area (Å²) in [5.74, 6) is -0.764. The molecule has 9 heteroatoms. The third-order valence-electron chi connectivity index (χ3n) is 4.30. The van der Waals surface area contributed by atoms with Gasteiger partial charge in [0.15, 0.2) is 0 Å². The van der Waals surface area contributed by atoms with Crippen LogP contribution >= 0.6 is 15.9 Å². The third kappa shape index (κ3) is 4.93. The summed E-state index contributed by atoms with van der Waals surface area (Å²) in [7, 11) is 1.50. The first kappa shape index (κ1) is 21.3. The normalized spacial score (nSPS) is 10.4. The van der Waals surface area contributed by atoms with E-state index in [4.69, 9.17) is 10.5 Å². The number of halogens is 1. The Morgan fingerprint density at radius 1 is 1.17 bits per heavy atom. The topological polar surface area (TPSA) is 110 Å². The largest absolute Gasteiger partial charge is 0.495 e. The Morgan fingerprint density at radius 2 is 1.93 bits per heavy atom. The van der Waals surface area contributed by atoms with Gasteiger partial charge in [0.25, 0.3) is 0 Å². The number of hydrogen-bond acceptors (Lipinski definition) is 6. The maximum absolute atomic E-state index is 13.1. The Balaban J connectivity index is 1.91. The van der Waals surface area contributed by atoms with Crippen LogP contribution in [0.5, 0.6) is 5.75 Å². The maximum atomic E-state index is 13.1. The smallest absolute Gasteiger partial charge is 0.317 e. The van der Waals surface area contributed by atoms with Gasteiger partial charge in [-0.15, -0.1) is 0 Å². The lowest BCUT2D eigenvalue weighted by Gasteiger charge is -2.24. The molecule has 2 heterocycles.